The van der Waals surface area contributed by atoms with Gasteiger partial charge >= 0.3 is 6.09 Å². The summed E-state index contributed by atoms with van der Waals surface area (Å²) in [6.07, 6.45) is -4.10. The fourth-order valence-corrected chi connectivity index (χ4v) is 5.36. The Kier molecular flexibility index (Phi) is 8.20. The van der Waals surface area contributed by atoms with Gasteiger partial charge in [-0.3, -0.25) is 9.59 Å². The minimum absolute atomic E-state index is 0.0177. The zero-order chi connectivity index (χ0) is 31.2. The smallest absolute Gasteiger partial charge is 0.410 e. The van der Waals surface area contributed by atoms with Crippen molar-refractivity contribution < 1.29 is 40.7 Å². The number of carbonyl (C=O) groups excluding carboxylic acids is 2. The monoisotopic (exact) mass is 613 g/mol. The van der Waals surface area contributed by atoms with Crippen LogP contribution in [-0.2, 0) is 4.74 Å². The third-order valence-corrected chi connectivity index (χ3v) is 7.99. The maximum absolute atomic E-state index is 16.3. The Morgan fingerprint density at radius 2 is 1.88 bits per heavy atom. The van der Waals surface area contributed by atoms with Crippen molar-refractivity contribution in [3.05, 3.63) is 63.1 Å². The summed E-state index contributed by atoms with van der Waals surface area (Å²) in [5, 5.41) is 2.31. The number of H-pyrrole nitrogens is 1. The van der Waals surface area contributed by atoms with Crippen LogP contribution in [0.1, 0.15) is 47.7 Å². The molecule has 1 saturated carbocycles. The molecule has 2 aromatic rings. The summed E-state index contributed by atoms with van der Waals surface area (Å²) in [6.45, 7) is 2.70. The van der Waals surface area contributed by atoms with Gasteiger partial charge < -0.3 is 29.7 Å². The molecule has 2 aliphatic heterocycles. The number of alkyl halides is 4. The second-order valence-electron chi connectivity index (χ2n) is 11.0. The molecule has 1 atom stereocenters. The summed E-state index contributed by atoms with van der Waals surface area (Å²) in [7, 11) is 1.89. The molecule has 3 aliphatic rings. The van der Waals surface area contributed by atoms with Crippen molar-refractivity contribution in [3.8, 4) is 0 Å². The average Bonchev–Trinajstić information content (AvgIpc) is 3.40. The Morgan fingerprint density at radius 3 is 2.53 bits per heavy atom. The van der Waals surface area contributed by atoms with Gasteiger partial charge in [0, 0.05) is 75.5 Å². The van der Waals surface area contributed by atoms with Crippen molar-refractivity contribution in [1.82, 2.24) is 14.8 Å². The molecule has 1 saturated heterocycles. The number of carbonyl (C=O) groups is 2. The van der Waals surface area contributed by atoms with E-state index in [2.05, 4.69) is 10.3 Å². The largest absolute Gasteiger partial charge is 0.446 e. The van der Waals surface area contributed by atoms with Gasteiger partial charge in [-0.05, 0) is 19.5 Å². The minimum atomic E-state index is -3.19. The molecule has 2 N–H and O–H groups in total. The number of hydrogen-bond acceptors (Lipinski definition) is 6. The Bertz CT molecular complexity index is 1520. The van der Waals surface area contributed by atoms with E-state index in [-0.39, 0.29) is 30.4 Å². The van der Waals surface area contributed by atoms with Crippen molar-refractivity contribution in [2.75, 3.05) is 50.0 Å². The fraction of sp³-hybridized carbons (Fsp3) is 0.464. The summed E-state index contributed by atoms with van der Waals surface area (Å²) >= 11 is 0. The summed E-state index contributed by atoms with van der Waals surface area (Å²) in [5.41, 5.74) is -3.33. The average molecular weight is 614 g/mol. The summed E-state index contributed by atoms with van der Waals surface area (Å²) in [4.78, 5) is 44.2. The molecule has 0 radical (unpaired) electrons. The van der Waals surface area contributed by atoms with E-state index >= 15 is 8.78 Å². The summed E-state index contributed by atoms with van der Waals surface area (Å²) in [6, 6.07) is 1.57. The SMILES string of the molecule is CC1CN(c2cc(F)c(C3=CCN(C(=O)OC4CC(F)(F)C4)C3)c(F)c2NC(=O)c2c[nH]c(=O)cc2C(F)F)CCN1C. The van der Waals surface area contributed by atoms with Crippen LogP contribution in [0.2, 0.25) is 0 Å². The van der Waals surface area contributed by atoms with Crippen molar-refractivity contribution >= 4 is 28.9 Å². The highest BCUT2D eigenvalue weighted by Gasteiger charge is 2.48. The molecule has 1 aromatic heterocycles. The van der Waals surface area contributed by atoms with Gasteiger partial charge in [-0.1, -0.05) is 6.08 Å². The van der Waals surface area contributed by atoms with Crippen LogP contribution >= 0.6 is 0 Å². The van der Waals surface area contributed by atoms with Gasteiger partial charge in [0.2, 0.25) is 5.56 Å². The van der Waals surface area contributed by atoms with Crippen LogP contribution in [0.4, 0.5) is 42.5 Å². The molecule has 43 heavy (non-hydrogen) atoms. The van der Waals surface area contributed by atoms with Crippen molar-refractivity contribution in [2.24, 2.45) is 0 Å². The number of pyridine rings is 1. The van der Waals surface area contributed by atoms with Gasteiger partial charge in [0.05, 0.1) is 16.8 Å². The van der Waals surface area contributed by atoms with Crippen LogP contribution in [0.15, 0.2) is 29.2 Å². The molecule has 15 heteroatoms. The quantitative estimate of drug-likeness (QED) is 0.462. The lowest BCUT2D eigenvalue weighted by Gasteiger charge is -2.40. The summed E-state index contributed by atoms with van der Waals surface area (Å²) in [5.74, 6) is -6.25. The number of hydrogen-bond donors (Lipinski definition) is 2. The lowest BCUT2D eigenvalue weighted by molar-refractivity contribution is -0.147. The van der Waals surface area contributed by atoms with Crippen molar-refractivity contribution in [1.29, 1.82) is 0 Å². The number of rotatable bonds is 6. The number of likely N-dealkylation sites (N-methyl/N-ethyl adjacent to an activating group) is 1. The molecule has 5 rings (SSSR count). The Balaban J connectivity index is 1.46. The van der Waals surface area contributed by atoms with Gasteiger partial charge in [0.25, 0.3) is 18.3 Å². The number of ether oxygens (including phenoxy) is 1. The number of benzene rings is 1. The molecule has 2 fully saturated rings. The minimum Gasteiger partial charge on any atom is -0.446 e. The molecule has 1 aromatic carbocycles. The number of piperazine rings is 1. The molecule has 1 aliphatic carbocycles. The standard InChI is InChI=1S/C28H29F6N5O4/c1-14-12-38(6-5-37(14)2)20-8-19(29)22(15-3-4-39(13-15)27(42)43-16-9-28(33,34)10-16)23(30)24(20)36-26(41)18-11-35-21(40)7-17(18)25(31)32/h3,7-8,11,14,16,25H,4-6,9-10,12-13H2,1-2H3,(H,35,40)(H,36,41). The first-order chi connectivity index (χ1) is 20.2. The number of amides is 2. The van der Waals surface area contributed by atoms with Crippen LogP contribution in [-0.4, -0.2) is 84.6 Å². The zero-order valence-electron chi connectivity index (χ0n) is 23.2. The van der Waals surface area contributed by atoms with Crippen molar-refractivity contribution in [2.45, 2.75) is 44.3 Å². The first-order valence-electron chi connectivity index (χ1n) is 13.6. The van der Waals surface area contributed by atoms with Gasteiger partial charge in [-0.25, -0.2) is 31.1 Å². The highest BCUT2D eigenvalue weighted by molar-refractivity contribution is 6.07. The van der Waals surface area contributed by atoms with Crippen LogP contribution in [0.25, 0.3) is 5.57 Å². The third-order valence-electron chi connectivity index (χ3n) is 7.99. The topological polar surface area (TPSA) is 98.0 Å². The van der Waals surface area contributed by atoms with Gasteiger partial charge in [-0.2, -0.15) is 0 Å². The predicted molar refractivity (Wildman–Crippen MR) is 145 cm³/mol. The molecule has 2 amide bonds. The molecule has 232 valence electrons. The molecule has 9 nitrogen and oxygen atoms in total. The van der Waals surface area contributed by atoms with E-state index in [1.807, 2.05) is 18.9 Å². The Morgan fingerprint density at radius 1 is 1.16 bits per heavy atom. The number of aromatic nitrogens is 1. The second kappa shape index (κ2) is 11.6. The van der Waals surface area contributed by atoms with E-state index < -0.39 is 82.9 Å². The molecule has 0 bridgehead atoms. The van der Waals surface area contributed by atoms with Crippen molar-refractivity contribution in [3.63, 3.8) is 0 Å². The number of nitrogens with zero attached hydrogens (tertiary/aromatic N) is 3. The van der Waals surface area contributed by atoms with E-state index in [0.717, 1.165) is 17.2 Å². The highest BCUT2D eigenvalue weighted by atomic mass is 19.3. The number of nitrogens with one attached hydrogen (secondary N) is 2. The molecule has 1 unspecified atom stereocenters. The van der Waals surface area contributed by atoms with E-state index in [4.69, 9.17) is 4.74 Å². The molecule has 3 heterocycles. The third kappa shape index (κ3) is 6.21. The summed E-state index contributed by atoms with van der Waals surface area (Å²) < 4.78 is 90.6. The van der Waals surface area contributed by atoms with Crippen LogP contribution in [0, 0.1) is 11.6 Å². The maximum Gasteiger partial charge on any atom is 0.410 e. The number of anilines is 2. The molecular weight excluding hydrogens is 584 g/mol. The Hall–Kier alpha value is -4.01. The van der Waals surface area contributed by atoms with Gasteiger partial charge in [-0.15, -0.1) is 0 Å². The highest BCUT2D eigenvalue weighted by Crippen LogP contribution is 2.41. The zero-order valence-corrected chi connectivity index (χ0v) is 23.2. The van der Waals surface area contributed by atoms with Gasteiger partial charge in [0.1, 0.15) is 17.6 Å². The van der Waals surface area contributed by atoms with E-state index in [0.29, 0.717) is 25.7 Å². The lowest BCUT2D eigenvalue weighted by atomic mass is 9.91. The first-order valence-corrected chi connectivity index (χ1v) is 13.6. The second-order valence-corrected chi connectivity index (χ2v) is 11.0. The van der Waals surface area contributed by atoms with E-state index in [9.17, 15) is 31.9 Å². The number of aromatic amines is 1. The van der Waals surface area contributed by atoms with E-state index in [1.54, 1.807) is 4.90 Å². The predicted octanol–water partition coefficient (Wildman–Crippen LogP) is 4.62. The fourth-order valence-electron chi connectivity index (χ4n) is 5.36. The molecular formula is C28H29F6N5O4. The normalized spacial score (nSPS) is 20.7. The first kappa shape index (κ1) is 30.4. The van der Waals surface area contributed by atoms with Crippen LogP contribution in [0.5, 0.6) is 0 Å². The molecule has 0 spiro atoms. The number of halogens is 6. The maximum atomic E-state index is 16.3. The van der Waals surface area contributed by atoms with Gasteiger partial charge in [0.15, 0.2) is 5.82 Å². The Labute approximate surface area is 242 Å². The lowest BCUT2D eigenvalue weighted by Crippen LogP contribution is -2.50. The van der Waals surface area contributed by atoms with E-state index in [1.165, 1.54) is 6.08 Å². The van der Waals surface area contributed by atoms with Crippen LogP contribution in [0.3, 0.4) is 0 Å². The van der Waals surface area contributed by atoms with Crippen LogP contribution < -0.4 is 15.8 Å².